The fraction of sp³-hybridized carbons (Fsp3) is 0.350. The molecule has 0 unspecified atom stereocenters. The van der Waals surface area contributed by atoms with Gasteiger partial charge in [-0.2, -0.15) is 0 Å². The first-order chi connectivity index (χ1) is 12.1. The second-order valence-electron chi connectivity index (χ2n) is 6.40. The Balaban J connectivity index is 1.56. The highest BCUT2D eigenvalue weighted by Gasteiger charge is 2.21. The maximum atomic E-state index is 11.1. The second-order valence-corrected chi connectivity index (χ2v) is 6.81. The third-order valence-electron chi connectivity index (χ3n) is 4.31. The predicted octanol–water partition coefficient (Wildman–Crippen LogP) is 3.74. The number of nitrogens with one attached hydrogen (secondary N) is 1. The summed E-state index contributed by atoms with van der Waals surface area (Å²) in [6.07, 6.45) is 0.991. The third-order valence-corrected chi connectivity index (χ3v) is 4.68. The monoisotopic (exact) mass is 358 g/mol. The molecule has 0 radical (unpaired) electrons. The number of carbonyl (C=O) groups excluding carboxylic acids is 1. The summed E-state index contributed by atoms with van der Waals surface area (Å²) in [6.45, 7) is 4.94. The summed E-state index contributed by atoms with van der Waals surface area (Å²) in [5.41, 5.74) is 3.19. The minimum absolute atomic E-state index is 0.0525. The van der Waals surface area contributed by atoms with Crippen LogP contribution in [0.3, 0.4) is 0 Å². The number of nitrogens with zero attached hydrogens (tertiary/aromatic N) is 1. The van der Waals surface area contributed by atoms with Gasteiger partial charge < -0.3 is 10.1 Å². The highest BCUT2D eigenvalue weighted by molar-refractivity contribution is 6.31. The molecule has 132 valence electrons. The number of hydrogen-bond acceptors (Lipinski definition) is 3. The van der Waals surface area contributed by atoms with E-state index in [9.17, 15) is 4.79 Å². The SMILES string of the molecule is CC(=O)Nc1ccc(CN2CCO[C@@H](Cc3ccccc3Cl)C2)cc1. The van der Waals surface area contributed by atoms with E-state index in [0.29, 0.717) is 0 Å². The van der Waals surface area contributed by atoms with Gasteiger partial charge in [0.1, 0.15) is 0 Å². The van der Waals surface area contributed by atoms with Gasteiger partial charge in [-0.1, -0.05) is 41.9 Å². The predicted molar refractivity (Wildman–Crippen MR) is 101 cm³/mol. The Morgan fingerprint density at radius 3 is 2.72 bits per heavy atom. The van der Waals surface area contributed by atoms with Crippen LogP contribution in [0.2, 0.25) is 5.02 Å². The molecule has 1 saturated heterocycles. The molecule has 3 rings (SSSR count). The smallest absolute Gasteiger partial charge is 0.221 e. The molecule has 0 bridgehead atoms. The summed E-state index contributed by atoms with van der Waals surface area (Å²) in [7, 11) is 0. The standard InChI is InChI=1S/C20H23ClN2O2/c1-15(24)22-18-8-6-16(7-9-18)13-23-10-11-25-19(14-23)12-17-4-2-3-5-20(17)21/h2-9,19H,10-14H2,1H3,(H,22,24)/t19-/m0/s1. The van der Waals surface area contributed by atoms with Gasteiger partial charge in [-0.3, -0.25) is 9.69 Å². The molecule has 2 aromatic rings. The minimum Gasteiger partial charge on any atom is -0.375 e. The first-order valence-corrected chi connectivity index (χ1v) is 8.92. The topological polar surface area (TPSA) is 41.6 Å². The Morgan fingerprint density at radius 2 is 2.00 bits per heavy atom. The zero-order valence-electron chi connectivity index (χ0n) is 14.4. The molecule has 0 aromatic heterocycles. The van der Waals surface area contributed by atoms with Gasteiger partial charge in [0.15, 0.2) is 0 Å². The van der Waals surface area contributed by atoms with E-state index in [1.54, 1.807) is 0 Å². The van der Waals surface area contributed by atoms with Crippen molar-refractivity contribution in [3.63, 3.8) is 0 Å². The molecule has 4 nitrogen and oxygen atoms in total. The number of carbonyl (C=O) groups is 1. The minimum atomic E-state index is -0.0525. The Morgan fingerprint density at radius 1 is 1.24 bits per heavy atom. The van der Waals surface area contributed by atoms with Crippen LogP contribution in [-0.2, 0) is 22.5 Å². The molecule has 5 heteroatoms. The van der Waals surface area contributed by atoms with Crippen molar-refractivity contribution in [3.05, 3.63) is 64.7 Å². The van der Waals surface area contributed by atoms with Crippen molar-refractivity contribution in [2.24, 2.45) is 0 Å². The van der Waals surface area contributed by atoms with Crippen LogP contribution in [0.4, 0.5) is 5.69 Å². The summed E-state index contributed by atoms with van der Waals surface area (Å²) < 4.78 is 5.92. The average molecular weight is 359 g/mol. The first-order valence-electron chi connectivity index (χ1n) is 8.54. The lowest BCUT2D eigenvalue weighted by Crippen LogP contribution is -2.42. The molecular weight excluding hydrogens is 336 g/mol. The molecule has 25 heavy (non-hydrogen) atoms. The molecule has 0 spiro atoms. The summed E-state index contributed by atoms with van der Waals surface area (Å²) in [6, 6.07) is 16.0. The molecular formula is C20H23ClN2O2. The molecule has 1 aliphatic heterocycles. The molecule has 1 fully saturated rings. The second kappa shape index (κ2) is 8.48. The fourth-order valence-electron chi connectivity index (χ4n) is 3.11. The summed E-state index contributed by atoms with van der Waals surface area (Å²) >= 11 is 6.26. The zero-order valence-corrected chi connectivity index (χ0v) is 15.1. The van der Waals surface area contributed by atoms with E-state index in [1.807, 2.05) is 30.3 Å². The van der Waals surface area contributed by atoms with E-state index in [2.05, 4.69) is 28.4 Å². The van der Waals surface area contributed by atoms with Crippen LogP contribution in [0.15, 0.2) is 48.5 Å². The highest BCUT2D eigenvalue weighted by Crippen LogP contribution is 2.20. The Labute approximate surface area is 153 Å². The van der Waals surface area contributed by atoms with E-state index >= 15 is 0 Å². The van der Waals surface area contributed by atoms with Crippen LogP contribution in [0.1, 0.15) is 18.1 Å². The quantitative estimate of drug-likeness (QED) is 0.885. The maximum Gasteiger partial charge on any atom is 0.221 e. The third kappa shape index (κ3) is 5.30. The van der Waals surface area contributed by atoms with Crippen LogP contribution in [0.25, 0.3) is 0 Å². The van der Waals surface area contributed by atoms with Gasteiger partial charge in [-0.25, -0.2) is 0 Å². The summed E-state index contributed by atoms with van der Waals surface area (Å²) in [5.74, 6) is -0.0525. The van der Waals surface area contributed by atoms with Crippen molar-refractivity contribution in [3.8, 4) is 0 Å². The van der Waals surface area contributed by atoms with Crippen LogP contribution in [-0.4, -0.2) is 36.6 Å². The molecule has 1 N–H and O–H groups in total. The maximum absolute atomic E-state index is 11.1. The van der Waals surface area contributed by atoms with E-state index in [0.717, 1.165) is 48.9 Å². The van der Waals surface area contributed by atoms with Crippen molar-refractivity contribution < 1.29 is 9.53 Å². The van der Waals surface area contributed by atoms with Gasteiger partial charge in [0.2, 0.25) is 5.91 Å². The Hall–Kier alpha value is -1.88. The van der Waals surface area contributed by atoms with Gasteiger partial charge in [0.25, 0.3) is 0 Å². The summed E-state index contributed by atoms with van der Waals surface area (Å²) in [5, 5.41) is 3.59. The van der Waals surface area contributed by atoms with E-state index in [4.69, 9.17) is 16.3 Å². The Bertz CT molecular complexity index is 718. The average Bonchev–Trinajstić information content (AvgIpc) is 2.59. The fourth-order valence-corrected chi connectivity index (χ4v) is 3.32. The van der Waals surface area contributed by atoms with E-state index < -0.39 is 0 Å². The summed E-state index contributed by atoms with van der Waals surface area (Å²) in [4.78, 5) is 13.5. The molecule has 0 aliphatic carbocycles. The lowest BCUT2D eigenvalue weighted by Gasteiger charge is -2.33. The largest absolute Gasteiger partial charge is 0.375 e. The number of ether oxygens (including phenoxy) is 1. The van der Waals surface area contributed by atoms with Crippen LogP contribution in [0, 0.1) is 0 Å². The van der Waals surface area contributed by atoms with E-state index in [-0.39, 0.29) is 12.0 Å². The molecule has 1 heterocycles. The number of rotatable bonds is 5. The Kier molecular flexibility index (Phi) is 6.08. The highest BCUT2D eigenvalue weighted by atomic mass is 35.5. The van der Waals surface area contributed by atoms with Gasteiger partial charge in [-0.05, 0) is 29.3 Å². The number of benzene rings is 2. The van der Waals surface area contributed by atoms with Gasteiger partial charge in [-0.15, -0.1) is 0 Å². The normalized spacial score (nSPS) is 18.1. The van der Waals surface area contributed by atoms with Gasteiger partial charge in [0.05, 0.1) is 12.7 Å². The number of hydrogen-bond donors (Lipinski definition) is 1. The van der Waals surface area contributed by atoms with Crippen LogP contribution >= 0.6 is 11.6 Å². The van der Waals surface area contributed by atoms with Crippen molar-refractivity contribution in [2.45, 2.75) is 26.0 Å². The van der Waals surface area contributed by atoms with E-state index in [1.165, 1.54) is 12.5 Å². The molecule has 0 saturated carbocycles. The van der Waals surface area contributed by atoms with Gasteiger partial charge >= 0.3 is 0 Å². The van der Waals surface area contributed by atoms with Crippen LogP contribution < -0.4 is 5.32 Å². The number of amides is 1. The van der Waals surface area contributed by atoms with Crippen molar-refractivity contribution in [2.75, 3.05) is 25.0 Å². The van der Waals surface area contributed by atoms with Crippen molar-refractivity contribution >= 4 is 23.2 Å². The van der Waals surface area contributed by atoms with Crippen LogP contribution in [0.5, 0.6) is 0 Å². The number of halogens is 1. The van der Waals surface area contributed by atoms with Gasteiger partial charge in [0, 0.05) is 43.7 Å². The number of anilines is 1. The zero-order chi connectivity index (χ0) is 17.6. The van der Waals surface area contributed by atoms with Crippen molar-refractivity contribution in [1.29, 1.82) is 0 Å². The van der Waals surface area contributed by atoms with Crippen molar-refractivity contribution in [1.82, 2.24) is 4.90 Å². The first kappa shape index (κ1) is 17.9. The lowest BCUT2D eigenvalue weighted by molar-refractivity contribution is -0.114. The molecule has 1 atom stereocenters. The molecule has 1 aliphatic rings. The molecule has 2 aromatic carbocycles. The molecule has 1 amide bonds. The number of morpholine rings is 1. The lowest BCUT2D eigenvalue weighted by atomic mass is 10.1.